The third-order valence-electron chi connectivity index (χ3n) is 4.96. The van der Waals surface area contributed by atoms with E-state index in [1.165, 1.54) is 12.1 Å². The molecule has 150 valence electrons. The fourth-order valence-electron chi connectivity index (χ4n) is 4.00. The lowest BCUT2D eigenvalue weighted by atomic mass is 9.77. The molecule has 0 spiro atoms. The average Bonchev–Trinajstić information content (AvgIpc) is 2.80. The molecule has 1 unspecified atom stereocenters. The van der Waals surface area contributed by atoms with Gasteiger partial charge in [0.25, 0.3) is 0 Å². The van der Waals surface area contributed by atoms with Crippen molar-refractivity contribution >= 4 is 26.1 Å². The average molecular weight is 418 g/mol. The molecule has 0 bridgehead atoms. The van der Waals surface area contributed by atoms with Crippen molar-refractivity contribution in [2.45, 2.75) is 37.8 Å². The van der Waals surface area contributed by atoms with Gasteiger partial charge in [-0.15, -0.1) is 0 Å². The van der Waals surface area contributed by atoms with Crippen LogP contribution >= 0.6 is 0 Å². The van der Waals surface area contributed by atoms with Gasteiger partial charge in [-0.25, -0.2) is 17.9 Å². The van der Waals surface area contributed by atoms with Crippen molar-refractivity contribution in [3.05, 3.63) is 29.8 Å². The van der Waals surface area contributed by atoms with E-state index in [1.54, 1.807) is 12.1 Å². The van der Waals surface area contributed by atoms with E-state index in [2.05, 4.69) is 4.72 Å². The number of rotatable bonds is 5. The first kappa shape index (κ1) is 20.1. The second kappa shape index (κ2) is 7.38. The molecule has 1 aromatic rings. The first-order valence-corrected chi connectivity index (χ1v) is 12.0. The molecule has 27 heavy (non-hydrogen) atoms. The lowest BCUT2D eigenvalue weighted by Gasteiger charge is -2.40. The number of phenols is 1. The van der Waals surface area contributed by atoms with E-state index in [0.717, 1.165) is 23.4 Å². The van der Waals surface area contributed by atoms with E-state index in [1.807, 2.05) is 4.72 Å². The van der Waals surface area contributed by atoms with Gasteiger partial charge in [0.1, 0.15) is 5.75 Å². The molecule has 1 amide bonds. The predicted octanol–water partition coefficient (Wildman–Crippen LogP) is 0.218. The van der Waals surface area contributed by atoms with Crippen LogP contribution in [0.1, 0.15) is 37.3 Å². The number of nitrogens with zero attached hydrogens (tertiary/aromatic N) is 1. The number of amides is 1. The SMILES string of the molecule is CS(=O)(=O)N[C@H]1CCCC[C@H]1C(c1cccc(O)c1)N1CC(=O)NS1(=O)=O. The molecule has 2 fully saturated rings. The smallest absolute Gasteiger partial charge is 0.304 e. The quantitative estimate of drug-likeness (QED) is 0.628. The monoisotopic (exact) mass is 417 g/mol. The summed E-state index contributed by atoms with van der Waals surface area (Å²) >= 11 is 0. The Hall–Kier alpha value is -1.69. The van der Waals surface area contributed by atoms with Crippen LogP contribution in [0.5, 0.6) is 5.75 Å². The molecule has 2 aliphatic rings. The molecule has 3 rings (SSSR count). The summed E-state index contributed by atoms with van der Waals surface area (Å²) in [6, 6.07) is 4.95. The van der Waals surface area contributed by atoms with E-state index in [0.29, 0.717) is 18.4 Å². The van der Waals surface area contributed by atoms with Crippen LogP contribution in [-0.4, -0.2) is 51.0 Å². The Balaban J connectivity index is 2.07. The fourth-order valence-corrected chi connectivity index (χ4v) is 6.18. The van der Waals surface area contributed by atoms with E-state index in [-0.39, 0.29) is 18.2 Å². The molecule has 0 radical (unpaired) electrons. The molecule has 1 aromatic carbocycles. The van der Waals surface area contributed by atoms with E-state index >= 15 is 0 Å². The maximum Gasteiger partial charge on any atom is 0.304 e. The first-order valence-electron chi connectivity index (χ1n) is 8.65. The Bertz CT molecular complexity index is 931. The highest BCUT2D eigenvalue weighted by Gasteiger charge is 2.46. The third-order valence-corrected chi connectivity index (χ3v) is 7.15. The second-order valence-electron chi connectivity index (χ2n) is 7.06. The Morgan fingerprint density at radius 2 is 2.00 bits per heavy atom. The van der Waals surface area contributed by atoms with Crippen LogP contribution in [-0.2, 0) is 25.0 Å². The van der Waals surface area contributed by atoms with Crippen LogP contribution in [0.4, 0.5) is 0 Å². The van der Waals surface area contributed by atoms with Crippen LogP contribution in [0.25, 0.3) is 0 Å². The largest absolute Gasteiger partial charge is 0.508 e. The number of phenolic OH excluding ortho intramolecular Hbond substituents is 1. The molecule has 3 N–H and O–H groups in total. The van der Waals surface area contributed by atoms with Gasteiger partial charge in [0, 0.05) is 6.04 Å². The maximum absolute atomic E-state index is 12.5. The molecule has 11 heteroatoms. The van der Waals surface area contributed by atoms with Gasteiger partial charge in [0.15, 0.2) is 0 Å². The summed E-state index contributed by atoms with van der Waals surface area (Å²) in [6.45, 7) is -0.343. The second-order valence-corrected chi connectivity index (χ2v) is 10.5. The topological polar surface area (TPSA) is 133 Å². The van der Waals surface area contributed by atoms with Crippen molar-refractivity contribution in [2.75, 3.05) is 12.8 Å². The Morgan fingerprint density at radius 3 is 2.59 bits per heavy atom. The molecule has 1 aliphatic carbocycles. The minimum Gasteiger partial charge on any atom is -0.508 e. The van der Waals surface area contributed by atoms with E-state index in [4.69, 9.17) is 0 Å². The van der Waals surface area contributed by atoms with Crippen LogP contribution in [0.15, 0.2) is 24.3 Å². The number of hydrogen-bond acceptors (Lipinski definition) is 6. The summed E-state index contributed by atoms with van der Waals surface area (Å²) in [6.07, 6.45) is 3.87. The highest BCUT2D eigenvalue weighted by molar-refractivity contribution is 7.88. The Labute approximate surface area is 159 Å². The first-order chi connectivity index (χ1) is 12.6. The zero-order chi connectivity index (χ0) is 19.8. The molecule has 1 heterocycles. The van der Waals surface area contributed by atoms with Crippen molar-refractivity contribution in [2.24, 2.45) is 5.92 Å². The zero-order valence-corrected chi connectivity index (χ0v) is 16.5. The Morgan fingerprint density at radius 1 is 1.30 bits per heavy atom. The van der Waals surface area contributed by atoms with Crippen LogP contribution in [0.2, 0.25) is 0 Å². The standard InChI is InChI=1S/C16H23N3O6S2/c1-26(22,23)17-14-8-3-2-7-13(14)16(11-5-4-6-12(20)9-11)19-10-15(21)18-27(19,24)25/h4-6,9,13-14,16-17,20H,2-3,7-8,10H2,1H3,(H,18,21)/t13-,14+,16?/m1/s1. The van der Waals surface area contributed by atoms with Crippen LogP contribution < -0.4 is 9.44 Å². The van der Waals surface area contributed by atoms with Gasteiger partial charge in [-0.3, -0.25) is 4.79 Å². The normalized spacial score (nSPS) is 27.2. The highest BCUT2D eigenvalue weighted by Crippen LogP contribution is 2.41. The van der Waals surface area contributed by atoms with Crippen LogP contribution in [0.3, 0.4) is 0 Å². The molecule has 0 aromatic heterocycles. The predicted molar refractivity (Wildman–Crippen MR) is 98.3 cm³/mol. The summed E-state index contributed by atoms with van der Waals surface area (Å²) in [5.74, 6) is -1.04. The fraction of sp³-hybridized carbons (Fsp3) is 0.562. The van der Waals surface area contributed by atoms with Crippen molar-refractivity contribution < 1.29 is 26.7 Å². The number of nitrogens with one attached hydrogen (secondary N) is 2. The summed E-state index contributed by atoms with van der Waals surface area (Å²) in [7, 11) is -7.53. The minimum atomic E-state index is -4.04. The van der Waals surface area contributed by atoms with Gasteiger partial charge in [0.2, 0.25) is 15.9 Å². The number of carbonyl (C=O) groups is 1. The molecular formula is C16H23N3O6S2. The Kier molecular flexibility index (Phi) is 5.48. The molecule has 9 nitrogen and oxygen atoms in total. The molecule has 3 atom stereocenters. The van der Waals surface area contributed by atoms with Gasteiger partial charge in [-0.1, -0.05) is 25.0 Å². The van der Waals surface area contributed by atoms with Gasteiger partial charge in [0.05, 0.1) is 18.8 Å². The summed E-state index contributed by atoms with van der Waals surface area (Å²) in [5.41, 5.74) is 0.516. The lowest BCUT2D eigenvalue weighted by Crippen LogP contribution is -2.48. The zero-order valence-electron chi connectivity index (χ0n) is 14.8. The number of benzene rings is 1. The third kappa shape index (κ3) is 4.60. The summed E-state index contributed by atoms with van der Waals surface area (Å²) in [4.78, 5) is 11.8. The number of aromatic hydroxyl groups is 1. The number of hydrogen-bond donors (Lipinski definition) is 3. The van der Waals surface area contributed by atoms with Crippen molar-refractivity contribution in [1.82, 2.24) is 13.7 Å². The van der Waals surface area contributed by atoms with Gasteiger partial charge in [-0.2, -0.15) is 12.7 Å². The molecule has 1 aliphatic heterocycles. The van der Waals surface area contributed by atoms with E-state index < -0.39 is 38.2 Å². The molecule has 1 saturated carbocycles. The van der Waals surface area contributed by atoms with Crippen molar-refractivity contribution in [3.63, 3.8) is 0 Å². The summed E-state index contributed by atoms with van der Waals surface area (Å²) in [5, 5.41) is 9.88. The molecular weight excluding hydrogens is 394 g/mol. The number of sulfonamides is 1. The van der Waals surface area contributed by atoms with Crippen molar-refractivity contribution in [3.8, 4) is 5.75 Å². The van der Waals surface area contributed by atoms with Crippen molar-refractivity contribution in [1.29, 1.82) is 0 Å². The van der Waals surface area contributed by atoms with Gasteiger partial charge >= 0.3 is 10.2 Å². The van der Waals surface area contributed by atoms with E-state index in [9.17, 15) is 26.7 Å². The number of carbonyl (C=O) groups excluding carboxylic acids is 1. The van der Waals surface area contributed by atoms with Gasteiger partial charge in [-0.05, 0) is 36.5 Å². The maximum atomic E-state index is 12.5. The highest BCUT2D eigenvalue weighted by atomic mass is 32.2. The minimum absolute atomic E-state index is 0.0307. The molecule has 1 saturated heterocycles. The lowest BCUT2D eigenvalue weighted by molar-refractivity contribution is -0.118. The van der Waals surface area contributed by atoms with Gasteiger partial charge < -0.3 is 5.11 Å². The summed E-state index contributed by atoms with van der Waals surface area (Å²) < 4.78 is 54.3. The van der Waals surface area contributed by atoms with Crippen LogP contribution in [0, 0.1) is 5.92 Å².